The number of ether oxygens (including phenoxy) is 1. The van der Waals surface area contributed by atoms with E-state index in [1.54, 1.807) is 4.90 Å². The predicted octanol–water partition coefficient (Wildman–Crippen LogP) is 3.18. The van der Waals surface area contributed by atoms with Crippen LogP contribution >= 0.6 is 0 Å². The number of rotatable bonds is 0. The number of nitrogens with zero attached hydrogens (tertiary/aromatic N) is 1. The van der Waals surface area contributed by atoms with Crippen LogP contribution in [0.3, 0.4) is 0 Å². The molecule has 0 aromatic heterocycles. The third-order valence-corrected chi connectivity index (χ3v) is 6.53. The summed E-state index contributed by atoms with van der Waals surface area (Å²) in [5.41, 5.74) is 1.94. The molecule has 1 fully saturated rings. The van der Waals surface area contributed by atoms with Crippen LogP contribution in [0.2, 0.25) is 0 Å². The summed E-state index contributed by atoms with van der Waals surface area (Å²) in [6.45, 7) is 6.83. The van der Waals surface area contributed by atoms with Gasteiger partial charge in [-0.15, -0.1) is 0 Å². The Kier molecular flexibility index (Phi) is 3.79. The zero-order valence-electron chi connectivity index (χ0n) is 13.4. The van der Waals surface area contributed by atoms with Gasteiger partial charge in [0, 0.05) is 29.6 Å². The van der Waals surface area contributed by atoms with Gasteiger partial charge in [-0.2, -0.15) is 0 Å². The molecule has 1 atom stereocenters. The van der Waals surface area contributed by atoms with Crippen molar-refractivity contribution in [1.29, 1.82) is 0 Å². The van der Waals surface area contributed by atoms with E-state index in [9.17, 15) is 9.00 Å². The molecule has 4 nitrogen and oxygen atoms in total. The topological polar surface area (TPSA) is 46.6 Å². The van der Waals surface area contributed by atoms with E-state index in [1.807, 2.05) is 32.9 Å². The molecule has 1 saturated heterocycles. The number of likely N-dealkylation sites (tertiary alicyclic amines) is 1. The van der Waals surface area contributed by atoms with E-state index in [1.165, 1.54) is 11.1 Å². The second kappa shape index (κ2) is 5.37. The highest BCUT2D eigenvalue weighted by Gasteiger charge is 2.47. The first kappa shape index (κ1) is 15.5. The molecular formula is C17H23NO3S. The maximum atomic E-state index is 12.7. The van der Waals surface area contributed by atoms with Crippen LogP contribution in [-0.2, 0) is 26.0 Å². The van der Waals surface area contributed by atoms with Gasteiger partial charge in [0.2, 0.25) is 0 Å². The Morgan fingerprint density at radius 3 is 2.50 bits per heavy atom. The van der Waals surface area contributed by atoms with Gasteiger partial charge >= 0.3 is 6.09 Å². The van der Waals surface area contributed by atoms with Crippen LogP contribution in [0.4, 0.5) is 4.79 Å². The lowest BCUT2D eigenvalue weighted by molar-refractivity contribution is 0.0195. The van der Waals surface area contributed by atoms with E-state index in [0.717, 1.165) is 12.8 Å². The normalized spacial score (nSPS) is 23.4. The van der Waals surface area contributed by atoms with Gasteiger partial charge in [-0.25, -0.2) is 4.79 Å². The Balaban J connectivity index is 1.74. The summed E-state index contributed by atoms with van der Waals surface area (Å²) in [5.74, 6) is 0.641. The van der Waals surface area contributed by atoms with Crippen LogP contribution < -0.4 is 0 Å². The Bertz CT molecular complexity index is 613. The van der Waals surface area contributed by atoms with Gasteiger partial charge in [0.25, 0.3) is 0 Å². The van der Waals surface area contributed by atoms with Crippen molar-refractivity contribution in [3.63, 3.8) is 0 Å². The summed E-state index contributed by atoms with van der Waals surface area (Å²) >= 11 is 0. The Morgan fingerprint density at radius 1 is 1.23 bits per heavy atom. The second-order valence-electron chi connectivity index (χ2n) is 7.11. The summed E-state index contributed by atoms with van der Waals surface area (Å²) in [6, 6.07) is 8.19. The molecule has 0 radical (unpaired) electrons. The van der Waals surface area contributed by atoms with E-state index in [4.69, 9.17) is 4.74 Å². The summed E-state index contributed by atoms with van der Waals surface area (Å²) in [4.78, 5) is 13.9. The van der Waals surface area contributed by atoms with Crippen molar-refractivity contribution in [1.82, 2.24) is 4.90 Å². The molecule has 2 aliphatic heterocycles. The van der Waals surface area contributed by atoms with Crippen LogP contribution in [0.5, 0.6) is 0 Å². The van der Waals surface area contributed by atoms with Crippen LogP contribution in [-0.4, -0.2) is 33.9 Å². The van der Waals surface area contributed by atoms with Crippen molar-refractivity contribution in [2.24, 2.45) is 0 Å². The van der Waals surface area contributed by atoms with E-state index in [0.29, 0.717) is 18.8 Å². The van der Waals surface area contributed by atoms with E-state index in [2.05, 4.69) is 12.1 Å². The monoisotopic (exact) mass is 321 g/mol. The Morgan fingerprint density at radius 2 is 1.86 bits per heavy atom. The first-order valence-corrected chi connectivity index (χ1v) is 9.08. The zero-order valence-corrected chi connectivity index (χ0v) is 14.2. The van der Waals surface area contributed by atoms with Crippen molar-refractivity contribution < 1.29 is 13.7 Å². The number of benzene rings is 1. The molecular weight excluding hydrogens is 298 g/mol. The van der Waals surface area contributed by atoms with E-state index in [-0.39, 0.29) is 10.8 Å². The number of carbonyl (C=O) groups is 1. The molecule has 0 unspecified atom stereocenters. The van der Waals surface area contributed by atoms with Gasteiger partial charge in [0.05, 0.1) is 4.75 Å². The molecule has 2 heterocycles. The van der Waals surface area contributed by atoms with Gasteiger partial charge in [0.1, 0.15) is 5.60 Å². The largest absolute Gasteiger partial charge is 0.444 e. The molecule has 22 heavy (non-hydrogen) atoms. The van der Waals surface area contributed by atoms with Crippen molar-refractivity contribution >= 4 is 16.9 Å². The third kappa shape index (κ3) is 2.67. The first-order valence-electron chi connectivity index (χ1n) is 7.77. The molecule has 5 heteroatoms. The average molecular weight is 321 g/mol. The van der Waals surface area contributed by atoms with E-state index >= 15 is 0 Å². The van der Waals surface area contributed by atoms with Crippen LogP contribution in [0.15, 0.2) is 24.3 Å². The maximum Gasteiger partial charge on any atom is 0.410 e. The smallest absolute Gasteiger partial charge is 0.410 e. The molecule has 0 aliphatic carbocycles. The lowest BCUT2D eigenvalue weighted by Gasteiger charge is -2.39. The second-order valence-corrected chi connectivity index (χ2v) is 8.87. The standard InChI is InChI=1S/C17H23NO3S/c1-16(2,3)21-15(19)18-10-8-17(9-11-18)14-7-5-4-6-13(14)12-22(17)20/h4-7H,8-12H2,1-3H3/t22-/m1/s1. The zero-order chi connectivity index (χ0) is 16.0. The number of carbonyl (C=O) groups excluding carboxylic acids is 1. The van der Waals surface area contributed by atoms with Gasteiger partial charge in [-0.05, 0) is 44.7 Å². The van der Waals surface area contributed by atoms with Gasteiger partial charge in [-0.1, -0.05) is 24.3 Å². The minimum absolute atomic E-state index is 0.264. The molecule has 1 spiro atoms. The summed E-state index contributed by atoms with van der Waals surface area (Å²) in [5, 5.41) is 0. The van der Waals surface area contributed by atoms with Crippen molar-refractivity contribution in [3.8, 4) is 0 Å². The predicted molar refractivity (Wildman–Crippen MR) is 87.0 cm³/mol. The highest BCUT2D eigenvalue weighted by Crippen LogP contribution is 2.46. The molecule has 3 rings (SSSR count). The van der Waals surface area contributed by atoms with Gasteiger partial charge < -0.3 is 9.64 Å². The molecule has 0 saturated carbocycles. The van der Waals surface area contributed by atoms with Crippen molar-refractivity contribution in [3.05, 3.63) is 35.4 Å². The summed E-state index contributed by atoms with van der Waals surface area (Å²) in [6.07, 6.45) is 1.23. The molecule has 120 valence electrons. The third-order valence-electron chi connectivity index (χ3n) is 4.45. The molecule has 0 bridgehead atoms. The fourth-order valence-corrected chi connectivity index (χ4v) is 5.26. The molecule has 1 amide bonds. The Labute approximate surface area is 134 Å². The fraction of sp³-hybridized carbons (Fsp3) is 0.588. The average Bonchev–Trinajstić information content (AvgIpc) is 2.71. The van der Waals surface area contributed by atoms with Crippen LogP contribution in [0.25, 0.3) is 0 Å². The maximum absolute atomic E-state index is 12.7. The number of hydrogen-bond donors (Lipinski definition) is 0. The highest BCUT2D eigenvalue weighted by atomic mass is 32.2. The lowest BCUT2D eigenvalue weighted by Crippen LogP contribution is -2.47. The molecule has 1 aromatic rings. The molecule has 0 N–H and O–H groups in total. The highest BCUT2D eigenvalue weighted by molar-refractivity contribution is 7.85. The van der Waals surface area contributed by atoms with Crippen molar-refractivity contribution in [2.75, 3.05) is 13.1 Å². The number of amides is 1. The minimum Gasteiger partial charge on any atom is -0.444 e. The SMILES string of the molecule is CC(C)(C)OC(=O)N1CCC2(CC1)c1ccccc1C[S@]2=O. The molecule has 1 aromatic carbocycles. The van der Waals surface area contributed by atoms with Gasteiger partial charge in [0.15, 0.2) is 0 Å². The minimum atomic E-state index is -0.890. The number of hydrogen-bond acceptors (Lipinski definition) is 3. The number of piperidine rings is 1. The van der Waals surface area contributed by atoms with Crippen molar-refractivity contribution in [2.45, 2.75) is 49.7 Å². The Hall–Kier alpha value is -1.36. The van der Waals surface area contributed by atoms with Crippen LogP contribution in [0, 0.1) is 0 Å². The van der Waals surface area contributed by atoms with Crippen LogP contribution in [0.1, 0.15) is 44.7 Å². The van der Waals surface area contributed by atoms with Gasteiger partial charge in [-0.3, -0.25) is 4.21 Å². The molecule has 2 aliphatic rings. The summed E-state index contributed by atoms with van der Waals surface area (Å²) < 4.78 is 17.9. The summed E-state index contributed by atoms with van der Waals surface area (Å²) in [7, 11) is -0.890. The number of fused-ring (bicyclic) bond motifs is 2. The first-order chi connectivity index (χ1) is 10.3. The lowest BCUT2D eigenvalue weighted by atomic mass is 9.86. The van der Waals surface area contributed by atoms with E-state index < -0.39 is 16.4 Å². The quantitative estimate of drug-likeness (QED) is 0.737. The fourth-order valence-electron chi connectivity index (χ4n) is 3.37.